The van der Waals surface area contributed by atoms with Crippen LogP contribution < -0.4 is 10.6 Å². The van der Waals surface area contributed by atoms with Crippen LogP contribution in [0.5, 0.6) is 0 Å². The van der Waals surface area contributed by atoms with Crippen molar-refractivity contribution in [1.29, 1.82) is 0 Å². The predicted octanol–water partition coefficient (Wildman–Crippen LogP) is 3.41. The largest absolute Gasteiger partial charge is 0.382 e. The van der Waals surface area contributed by atoms with E-state index >= 15 is 0 Å². The number of benzene rings is 1. The van der Waals surface area contributed by atoms with Gasteiger partial charge in [0.1, 0.15) is 6.61 Å². The molecule has 0 spiro atoms. The Labute approximate surface area is 120 Å². The fourth-order valence-electron chi connectivity index (χ4n) is 2.50. The van der Waals surface area contributed by atoms with Crippen molar-refractivity contribution in [2.75, 3.05) is 23.8 Å². The third-order valence-corrected chi connectivity index (χ3v) is 3.45. The Balaban J connectivity index is 1.83. The fourth-order valence-corrected chi connectivity index (χ4v) is 2.50. The fraction of sp³-hybridized carbons (Fsp3) is 0.562. The number of amides is 1. The lowest BCUT2D eigenvalue weighted by Gasteiger charge is -2.14. The topological polar surface area (TPSA) is 50.4 Å². The maximum Gasteiger partial charge on any atom is 0.250 e. The molecular formula is C16H24N2O2. The lowest BCUT2D eigenvalue weighted by atomic mass is 10.2. The van der Waals surface area contributed by atoms with Gasteiger partial charge >= 0.3 is 0 Å². The summed E-state index contributed by atoms with van der Waals surface area (Å²) in [6, 6.07) is 8.46. The van der Waals surface area contributed by atoms with E-state index in [1.54, 1.807) is 0 Å². The van der Waals surface area contributed by atoms with E-state index in [9.17, 15) is 4.79 Å². The molecule has 2 rings (SSSR count). The molecule has 20 heavy (non-hydrogen) atoms. The summed E-state index contributed by atoms with van der Waals surface area (Å²) in [7, 11) is 0. The second-order valence-corrected chi connectivity index (χ2v) is 5.31. The molecule has 0 unspecified atom stereocenters. The molecule has 1 aliphatic carbocycles. The zero-order valence-electron chi connectivity index (χ0n) is 12.2. The summed E-state index contributed by atoms with van der Waals surface area (Å²) in [5.41, 5.74) is 1.89. The van der Waals surface area contributed by atoms with E-state index in [0.717, 1.165) is 17.8 Å². The normalized spacial score (nSPS) is 15.2. The van der Waals surface area contributed by atoms with Crippen LogP contribution >= 0.6 is 0 Å². The molecule has 1 aromatic rings. The van der Waals surface area contributed by atoms with Gasteiger partial charge in [0.2, 0.25) is 5.91 Å². The monoisotopic (exact) mass is 276 g/mol. The molecule has 2 N–H and O–H groups in total. The van der Waals surface area contributed by atoms with Gasteiger partial charge in [0, 0.05) is 24.0 Å². The molecule has 0 aromatic heterocycles. The van der Waals surface area contributed by atoms with Gasteiger partial charge in [-0.15, -0.1) is 0 Å². The molecule has 1 aromatic carbocycles. The Hall–Kier alpha value is -1.55. The second-order valence-electron chi connectivity index (χ2n) is 5.31. The van der Waals surface area contributed by atoms with Crippen molar-refractivity contribution in [2.45, 2.75) is 45.1 Å². The Morgan fingerprint density at radius 2 is 2.05 bits per heavy atom. The maximum absolute atomic E-state index is 11.7. The highest BCUT2D eigenvalue weighted by molar-refractivity contribution is 5.92. The summed E-state index contributed by atoms with van der Waals surface area (Å²) in [4.78, 5) is 11.7. The van der Waals surface area contributed by atoms with Gasteiger partial charge in [0.25, 0.3) is 0 Å². The molecule has 110 valence electrons. The van der Waals surface area contributed by atoms with Crippen LogP contribution in [0.3, 0.4) is 0 Å². The first-order valence-electron chi connectivity index (χ1n) is 7.52. The number of ether oxygens (including phenoxy) is 1. The lowest BCUT2D eigenvalue weighted by Crippen LogP contribution is -2.19. The first-order valence-corrected chi connectivity index (χ1v) is 7.52. The van der Waals surface area contributed by atoms with E-state index in [-0.39, 0.29) is 12.5 Å². The molecule has 0 aliphatic heterocycles. The van der Waals surface area contributed by atoms with Crippen molar-refractivity contribution in [3.05, 3.63) is 24.3 Å². The molecule has 0 atom stereocenters. The van der Waals surface area contributed by atoms with Gasteiger partial charge in [-0.25, -0.2) is 0 Å². The van der Waals surface area contributed by atoms with Gasteiger partial charge in [0.15, 0.2) is 0 Å². The zero-order valence-corrected chi connectivity index (χ0v) is 12.2. The molecular weight excluding hydrogens is 252 g/mol. The summed E-state index contributed by atoms with van der Waals surface area (Å²) in [5.74, 6) is -0.100. The standard InChI is InChI=1S/C16H24N2O2/c1-2-10-20-12-16(19)18-15-9-5-8-14(11-15)17-13-6-3-4-7-13/h5,8-9,11,13,17H,2-4,6-7,10,12H2,1H3,(H,18,19). The molecule has 1 amide bonds. The minimum Gasteiger partial charge on any atom is -0.382 e. The minimum atomic E-state index is -0.100. The van der Waals surface area contributed by atoms with Crippen LogP contribution in [0.2, 0.25) is 0 Å². The average molecular weight is 276 g/mol. The van der Waals surface area contributed by atoms with Crippen LogP contribution in [0.4, 0.5) is 11.4 Å². The van der Waals surface area contributed by atoms with Crippen molar-refractivity contribution in [3.8, 4) is 0 Å². The number of nitrogens with one attached hydrogen (secondary N) is 2. The Kier molecular flexibility index (Phi) is 5.87. The molecule has 1 aliphatic rings. The smallest absolute Gasteiger partial charge is 0.250 e. The number of hydrogen-bond donors (Lipinski definition) is 2. The summed E-state index contributed by atoms with van der Waals surface area (Å²) < 4.78 is 5.23. The Morgan fingerprint density at radius 1 is 1.30 bits per heavy atom. The van der Waals surface area contributed by atoms with Crippen molar-refractivity contribution in [2.24, 2.45) is 0 Å². The van der Waals surface area contributed by atoms with Crippen LogP contribution in [0.1, 0.15) is 39.0 Å². The van der Waals surface area contributed by atoms with Crippen LogP contribution in [0, 0.1) is 0 Å². The van der Waals surface area contributed by atoms with Gasteiger partial charge in [-0.2, -0.15) is 0 Å². The minimum absolute atomic E-state index is 0.100. The van der Waals surface area contributed by atoms with E-state index in [2.05, 4.69) is 10.6 Å². The summed E-state index contributed by atoms with van der Waals surface area (Å²) in [5, 5.41) is 6.39. The van der Waals surface area contributed by atoms with Gasteiger partial charge in [0.05, 0.1) is 0 Å². The molecule has 0 saturated heterocycles. The highest BCUT2D eigenvalue weighted by Crippen LogP contribution is 2.23. The summed E-state index contributed by atoms with van der Waals surface area (Å²) in [6.45, 7) is 2.76. The molecule has 1 saturated carbocycles. The average Bonchev–Trinajstić information content (AvgIpc) is 2.92. The summed E-state index contributed by atoms with van der Waals surface area (Å²) in [6.07, 6.45) is 6.02. The van der Waals surface area contributed by atoms with E-state index in [1.165, 1.54) is 25.7 Å². The van der Waals surface area contributed by atoms with E-state index in [1.807, 2.05) is 31.2 Å². The molecule has 0 heterocycles. The summed E-state index contributed by atoms with van der Waals surface area (Å²) >= 11 is 0. The van der Waals surface area contributed by atoms with Gasteiger partial charge < -0.3 is 15.4 Å². The molecule has 4 nitrogen and oxygen atoms in total. The van der Waals surface area contributed by atoms with Crippen molar-refractivity contribution in [3.63, 3.8) is 0 Å². The molecule has 0 bridgehead atoms. The van der Waals surface area contributed by atoms with E-state index < -0.39 is 0 Å². The van der Waals surface area contributed by atoms with Crippen molar-refractivity contribution >= 4 is 17.3 Å². The highest BCUT2D eigenvalue weighted by atomic mass is 16.5. The molecule has 0 radical (unpaired) electrons. The van der Waals surface area contributed by atoms with Gasteiger partial charge in [-0.05, 0) is 37.5 Å². The number of anilines is 2. The van der Waals surface area contributed by atoms with Gasteiger partial charge in [-0.3, -0.25) is 4.79 Å². The maximum atomic E-state index is 11.7. The number of carbonyl (C=O) groups excluding carboxylic acids is 1. The van der Waals surface area contributed by atoms with Crippen LogP contribution in [-0.2, 0) is 9.53 Å². The Bertz CT molecular complexity index is 428. The quantitative estimate of drug-likeness (QED) is 0.750. The van der Waals surface area contributed by atoms with E-state index in [4.69, 9.17) is 4.74 Å². The molecule has 1 fully saturated rings. The SMILES string of the molecule is CCCOCC(=O)Nc1cccc(NC2CCCC2)c1. The number of carbonyl (C=O) groups is 1. The zero-order chi connectivity index (χ0) is 14.2. The first-order chi connectivity index (χ1) is 9.78. The number of rotatable bonds is 7. The predicted molar refractivity (Wildman–Crippen MR) is 82.1 cm³/mol. The van der Waals surface area contributed by atoms with Crippen LogP contribution in [-0.4, -0.2) is 25.2 Å². The van der Waals surface area contributed by atoms with E-state index in [0.29, 0.717) is 12.6 Å². The van der Waals surface area contributed by atoms with Crippen molar-refractivity contribution < 1.29 is 9.53 Å². The van der Waals surface area contributed by atoms with Crippen molar-refractivity contribution in [1.82, 2.24) is 0 Å². The highest BCUT2D eigenvalue weighted by Gasteiger charge is 2.14. The lowest BCUT2D eigenvalue weighted by molar-refractivity contribution is -0.120. The number of hydrogen-bond acceptors (Lipinski definition) is 3. The molecule has 4 heteroatoms. The third-order valence-electron chi connectivity index (χ3n) is 3.45. The van der Waals surface area contributed by atoms with Crippen LogP contribution in [0.15, 0.2) is 24.3 Å². The Morgan fingerprint density at radius 3 is 2.80 bits per heavy atom. The van der Waals surface area contributed by atoms with Crippen LogP contribution in [0.25, 0.3) is 0 Å². The second kappa shape index (κ2) is 7.90. The van der Waals surface area contributed by atoms with Gasteiger partial charge in [-0.1, -0.05) is 25.8 Å². The first kappa shape index (κ1) is 14.9. The third kappa shape index (κ3) is 4.85.